The monoisotopic (exact) mass is 438 g/mol. The van der Waals surface area contributed by atoms with Crippen LogP contribution in [-0.2, 0) is 4.79 Å². The molecular weight excluding hydrogens is 427 g/mol. The van der Waals surface area contributed by atoms with Gasteiger partial charge in [0.15, 0.2) is 0 Å². The van der Waals surface area contributed by atoms with E-state index >= 15 is 0 Å². The Morgan fingerprint density at radius 3 is 2.28 bits per heavy atom. The zero-order chi connectivity index (χ0) is 17.7. The van der Waals surface area contributed by atoms with E-state index in [9.17, 15) is 9.59 Å². The lowest BCUT2D eigenvalue weighted by molar-refractivity contribution is -0.119. The highest BCUT2D eigenvalue weighted by atomic mass is 79.9. The van der Waals surface area contributed by atoms with Gasteiger partial charge in [-0.05, 0) is 42.3 Å². The molecule has 2 aliphatic heterocycles. The van der Waals surface area contributed by atoms with Gasteiger partial charge in [-0.2, -0.15) is 0 Å². The molecule has 4 nitrogen and oxygen atoms in total. The maximum Gasteiger partial charge on any atom is 0.332 e. The Hall–Kier alpha value is -1.56. The largest absolute Gasteiger partial charge is 0.332 e. The van der Waals surface area contributed by atoms with Crippen LogP contribution in [0.15, 0.2) is 46.9 Å². The summed E-state index contributed by atoms with van der Waals surface area (Å²) < 4.78 is 0.982. The van der Waals surface area contributed by atoms with E-state index in [0.29, 0.717) is 22.3 Å². The van der Waals surface area contributed by atoms with E-state index in [-0.39, 0.29) is 17.9 Å². The Kier molecular flexibility index (Phi) is 4.26. The molecule has 2 aliphatic rings. The van der Waals surface area contributed by atoms with E-state index < -0.39 is 6.04 Å². The van der Waals surface area contributed by atoms with Crippen molar-refractivity contribution in [3.8, 4) is 0 Å². The van der Waals surface area contributed by atoms with E-state index in [4.69, 9.17) is 23.2 Å². The number of rotatable bonds is 2. The van der Waals surface area contributed by atoms with Crippen molar-refractivity contribution in [3.63, 3.8) is 0 Å². The van der Waals surface area contributed by atoms with Gasteiger partial charge in [0, 0.05) is 27.0 Å². The third kappa shape index (κ3) is 2.84. The van der Waals surface area contributed by atoms with Crippen molar-refractivity contribution in [1.82, 2.24) is 4.90 Å². The average molecular weight is 440 g/mol. The second-order valence-electron chi connectivity index (χ2n) is 6.17. The lowest BCUT2D eigenvalue weighted by atomic mass is 9.91. The Morgan fingerprint density at radius 2 is 1.64 bits per heavy atom. The first-order chi connectivity index (χ1) is 12.0. The molecule has 2 heterocycles. The number of halogens is 3. The predicted octanol–water partition coefficient (Wildman–Crippen LogP) is 5.08. The Balaban J connectivity index is 1.70. The first kappa shape index (κ1) is 16.9. The summed E-state index contributed by atoms with van der Waals surface area (Å²) in [5, 5.41) is 0.777. The van der Waals surface area contributed by atoms with E-state index in [1.165, 1.54) is 4.90 Å². The minimum atomic E-state index is -0.480. The first-order valence-electron chi connectivity index (χ1n) is 7.82. The van der Waals surface area contributed by atoms with Crippen molar-refractivity contribution in [3.05, 3.63) is 62.5 Å². The third-order valence-electron chi connectivity index (χ3n) is 4.71. The van der Waals surface area contributed by atoms with Crippen LogP contribution in [0.3, 0.4) is 0 Å². The van der Waals surface area contributed by atoms with Crippen molar-refractivity contribution in [2.24, 2.45) is 0 Å². The number of amides is 3. The van der Waals surface area contributed by atoms with Crippen LogP contribution in [0.1, 0.15) is 17.9 Å². The van der Waals surface area contributed by atoms with Gasteiger partial charge in [0.1, 0.15) is 6.04 Å². The fourth-order valence-electron chi connectivity index (χ4n) is 3.63. The molecule has 2 aromatic rings. The number of urea groups is 1. The molecule has 3 amide bonds. The number of nitrogens with zero attached hydrogens (tertiary/aromatic N) is 2. The van der Waals surface area contributed by atoms with E-state index in [1.807, 2.05) is 24.3 Å². The second-order valence-corrected chi connectivity index (χ2v) is 7.96. The number of hydrogen-bond donors (Lipinski definition) is 0. The minimum Gasteiger partial charge on any atom is -0.311 e. The first-order valence-corrected chi connectivity index (χ1v) is 9.37. The average Bonchev–Trinajstić information content (AvgIpc) is 3.08. The highest BCUT2D eigenvalue weighted by Crippen LogP contribution is 2.41. The molecule has 0 aromatic heterocycles. The molecule has 0 spiro atoms. The van der Waals surface area contributed by atoms with Crippen molar-refractivity contribution < 1.29 is 9.59 Å². The van der Waals surface area contributed by atoms with Crippen molar-refractivity contribution >= 4 is 56.8 Å². The number of imide groups is 1. The molecule has 0 N–H and O–H groups in total. The van der Waals surface area contributed by atoms with Crippen molar-refractivity contribution in [1.29, 1.82) is 0 Å². The van der Waals surface area contributed by atoms with E-state index in [1.54, 1.807) is 23.1 Å². The zero-order valence-corrected chi connectivity index (χ0v) is 16.1. The van der Waals surface area contributed by atoms with Crippen LogP contribution in [-0.4, -0.2) is 29.4 Å². The lowest BCUT2D eigenvalue weighted by Crippen LogP contribution is -2.33. The van der Waals surface area contributed by atoms with Crippen LogP contribution in [0.25, 0.3) is 0 Å². The summed E-state index contributed by atoms with van der Waals surface area (Å²) in [6.45, 7) is 0.556. The maximum absolute atomic E-state index is 13.0. The van der Waals surface area contributed by atoms with Gasteiger partial charge < -0.3 is 4.90 Å². The molecule has 2 atom stereocenters. The summed E-state index contributed by atoms with van der Waals surface area (Å²) in [4.78, 5) is 28.7. The number of fused-ring (bicyclic) bond motifs is 1. The number of hydrogen-bond acceptors (Lipinski definition) is 2. The molecule has 2 unspecified atom stereocenters. The number of carbonyl (C=O) groups excluding carboxylic acids is 2. The van der Waals surface area contributed by atoms with Crippen LogP contribution in [0.4, 0.5) is 10.5 Å². The van der Waals surface area contributed by atoms with Crippen LogP contribution < -0.4 is 4.90 Å². The lowest BCUT2D eigenvalue weighted by Gasteiger charge is -2.18. The molecule has 0 radical (unpaired) electrons. The number of benzene rings is 2. The fraction of sp³-hybridized carbons (Fsp3) is 0.222. The quantitative estimate of drug-likeness (QED) is 0.612. The fourth-order valence-corrected chi connectivity index (χ4v) is 4.41. The molecular formula is C18H13BrCl2N2O2. The van der Waals surface area contributed by atoms with Gasteiger partial charge in [0.25, 0.3) is 5.91 Å². The van der Waals surface area contributed by atoms with Crippen molar-refractivity contribution in [2.75, 3.05) is 11.4 Å². The molecule has 2 aromatic carbocycles. The van der Waals surface area contributed by atoms with Gasteiger partial charge in [-0.25, -0.2) is 9.69 Å². The Bertz CT molecular complexity index is 852. The second kappa shape index (κ2) is 6.31. The maximum atomic E-state index is 13.0. The van der Waals surface area contributed by atoms with Crippen LogP contribution in [0.2, 0.25) is 10.0 Å². The Morgan fingerprint density at radius 1 is 1.00 bits per heavy atom. The van der Waals surface area contributed by atoms with E-state index in [2.05, 4.69) is 15.9 Å². The highest BCUT2D eigenvalue weighted by Gasteiger charge is 2.53. The summed E-state index contributed by atoms with van der Waals surface area (Å²) >= 11 is 15.5. The minimum absolute atomic E-state index is 0.00999. The molecule has 2 fully saturated rings. The van der Waals surface area contributed by atoms with Crippen LogP contribution >= 0.6 is 39.1 Å². The summed E-state index contributed by atoms with van der Waals surface area (Å²) in [5.74, 6) is -0.238. The van der Waals surface area contributed by atoms with E-state index in [0.717, 1.165) is 16.5 Å². The summed E-state index contributed by atoms with van der Waals surface area (Å²) in [6.07, 6.45) is 0.772. The highest BCUT2D eigenvalue weighted by molar-refractivity contribution is 9.10. The summed E-state index contributed by atoms with van der Waals surface area (Å²) in [5.41, 5.74) is 1.47. The smallest absolute Gasteiger partial charge is 0.311 e. The van der Waals surface area contributed by atoms with Crippen LogP contribution in [0.5, 0.6) is 0 Å². The van der Waals surface area contributed by atoms with Crippen molar-refractivity contribution in [2.45, 2.75) is 18.4 Å². The SMILES string of the molecule is O=C1C2C(c3ccc(Br)cc3)CCN2C(=O)N1c1cc(Cl)cc(Cl)c1. The topological polar surface area (TPSA) is 40.6 Å². The molecule has 4 rings (SSSR count). The third-order valence-corrected chi connectivity index (χ3v) is 5.68. The molecule has 25 heavy (non-hydrogen) atoms. The Labute approximate surface area is 163 Å². The molecule has 7 heteroatoms. The van der Waals surface area contributed by atoms with Gasteiger partial charge in [0.2, 0.25) is 0 Å². The van der Waals surface area contributed by atoms with Crippen LogP contribution in [0, 0.1) is 0 Å². The van der Waals surface area contributed by atoms with Gasteiger partial charge >= 0.3 is 6.03 Å². The number of anilines is 1. The molecule has 128 valence electrons. The van der Waals surface area contributed by atoms with Gasteiger partial charge in [0.05, 0.1) is 5.69 Å². The van der Waals surface area contributed by atoms with Gasteiger partial charge in [-0.15, -0.1) is 0 Å². The molecule has 0 aliphatic carbocycles. The normalized spacial score (nSPS) is 22.7. The summed E-state index contributed by atoms with van der Waals surface area (Å²) in [7, 11) is 0. The standard InChI is InChI=1S/C18H13BrCl2N2O2/c19-11-3-1-10(2-4-11)15-5-6-22-16(15)17(24)23(18(22)25)14-8-12(20)7-13(21)9-14/h1-4,7-9,15-16H,5-6H2. The van der Waals surface area contributed by atoms with Gasteiger partial charge in [-0.1, -0.05) is 51.3 Å². The van der Waals surface area contributed by atoms with Gasteiger partial charge in [-0.3, -0.25) is 4.79 Å². The molecule has 0 saturated carbocycles. The predicted molar refractivity (Wildman–Crippen MR) is 101 cm³/mol. The summed E-state index contributed by atoms with van der Waals surface area (Å²) in [6, 6.07) is 11.8. The zero-order valence-electron chi connectivity index (χ0n) is 13.0. The number of carbonyl (C=O) groups is 2. The molecule has 0 bridgehead atoms. The molecule has 2 saturated heterocycles.